The van der Waals surface area contributed by atoms with Gasteiger partial charge in [-0.05, 0) is 19.1 Å². The summed E-state index contributed by atoms with van der Waals surface area (Å²) in [6.45, 7) is 2.41. The van der Waals surface area contributed by atoms with Crippen molar-refractivity contribution in [1.29, 1.82) is 0 Å². The molecule has 1 aliphatic carbocycles. The molecule has 0 bridgehead atoms. The van der Waals surface area contributed by atoms with E-state index in [1.165, 1.54) is 4.90 Å². The molecule has 1 atom stereocenters. The molecule has 1 aliphatic heterocycles. The Balaban J connectivity index is 2.35. The van der Waals surface area contributed by atoms with E-state index in [9.17, 15) is 9.59 Å². The molecule has 2 rings (SSSR count). The highest BCUT2D eigenvalue weighted by Gasteiger charge is 2.43. The Hall–Kier alpha value is -1.58. The Kier molecular flexibility index (Phi) is 2.34. The van der Waals surface area contributed by atoms with Gasteiger partial charge in [-0.2, -0.15) is 0 Å². The van der Waals surface area contributed by atoms with Crippen LogP contribution in [0.4, 0.5) is 0 Å². The lowest BCUT2D eigenvalue weighted by Crippen LogP contribution is -2.25. The van der Waals surface area contributed by atoms with E-state index in [0.717, 1.165) is 11.5 Å². The van der Waals surface area contributed by atoms with Crippen molar-refractivity contribution in [1.82, 2.24) is 4.90 Å². The molecule has 0 saturated carbocycles. The lowest BCUT2D eigenvalue weighted by Gasteiger charge is -2.20. The molecule has 1 heterocycles. The van der Waals surface area contributed by atoms with Crippen LogP contribution in [0.2, 0.25) is 0 Å². The molecule has 0 N–H and O–H groups in total. The summed E-state index contributed by atoms with van der Waals surface area (Å²) in [7, 11) is 1.57. The Morgan fingerprint density at radius 2 is 2.20 bits per heavy atom. The molecule has 1 fully saturated rings. The zero-order valence-electron chi connectivity index (χ0n) is 8.82. The van der Waals surface area contributed by atoms with Gasteiger partial charge in [-0.15, -0.1) is 0 Å². The SMILES string of the molecule is CCN1C(=O)C(=O)C2CC(OC)=CC=C21. The fourth-order valence-electron chi connectivity index (χ4n) is 2.05. The average Bonchev–Trinajstić information content (AvgIpc) is 2.51. The number of hydrogen-bond donors (Lipinski definition) is 0. The lowest BCUT2D eigenvalue weighted by molar-refractivity contribution is -0.140. The largest absolute Gasteiger partial charge is 0.501 e. The second-order valence-corrected chi connectivity index (χ2v) is 3.60. The lowest BCUT2D eigenvalue weighted by atomic mass is 9.94. The number of nitrogens with zero attached hydrogens (tertiary/aromatic N) is 1. The van der Waals surface area contributed by atoms with E-state index in [1.807, 2.05) is 13.0 Å². The van der Waals surface area contributed by atoms with Gasteiger partial charge in [-0.25, -0.2) is 0 Å². The first-order chi connectivity index (χ1) is 7.19. The van der Waals surface area contributed by atoms with Crippen LogP contribution in [-0.4, -0.2) is 30.2 Å². The minimum Gasteiger partial charge on any atom is -0.501 e. The van der Waals surface area contributed by atoms with E-state index in [0.29, 0.717) is 13.0 Å². The van der Waals surface area contributed by atoms with Crippen LogP contribution in [0.1, 0.15) is 13.3 Å². The molecule has 80 valence electrons. The molecule has 0 aromatic heterocycles. The highest BCUT2D eigenvalue weighted by molar-refractivity contribution is 6.40. The maximum Gasteiger partial charge on any atom is 0.294 e. The molecule has 15 heavy (non-hydrogen) atoms. The third kappa shape index (κ3) is 1.37. The number of ether oxygens (including phenoxy) is 1. The van der Waals surface area contributed by atoms with Crippen molar-refractivity contribution in [2.45, 2.75) is 13.3 Å². The topological polar surface area (TPSA) is 46.6 Å². The highest BCUT2D eigenvalue weighted by atomic mass is 16.5. The van der Waals surface area contributed by atoms with Crippen LogP contribution in [0.15, 0.2) is 23.6 Å². The monoisotopic (exact) mass is 207 g/mol. The molecular formula is C11H13NO3. The van der Waals surface area contributed by atoms with Crippen LogP contribution in [0.25, 0.3) is 0 Å². The van der Waals surface area contributed by atoms with Crippen LogP contribution in [0.3, 0.4) is 0 Å². The molecule has 0 radical (unpaired) electrons. The fraction of sp³-hybridized carbons (Fsp3) is 0.455. The third-order valence-corrected chi connectivity index (χ3v) is 2.86. The van der Waals surface area contributed by atoms with Crippen molar-refractivity contribution in [3.63, 3.8) is 0 Å². The number of likely N-dealkylation sites (tertiary alicyclic amines) is 1. The van der Waals surface area contributed by atoms with Gasteiger partial charge in [0.25, 0.3) is 5.91 Å². The van der Waals surface area contributed by atoms with Crippen molar-refractivity contribution >= 4 is 11.7 Å². The number of Topliss-reactive ketones (excluding diaryl/α,β-unsaturated/α-hetero) is 1. The van der Waals surface area contributed by atoms with E-state index in [-0.39, 0.29) is 17.6 Å². The number of ketones is 1. The summed E-state index contributed by atoms with van der Waals surface area (Å²) in [4.78, 5) is 24.8. The van der Waals surface area contributed by atoms with Gasteiger partial charge in [-0.3, -0.25) is 9.59 Å². The Bertz CT molecular complexity index is 381. The van der Waals surface area contributed by atoms with Gasteiger partial charge in [-0.1, -0.05) is 0 Å². The quantitative estimate of drug-likeness (QED) is 0.631. The molecular weight excluding hydrogens is 194 g/mol. The molecule has 1 unspecified atom stereocenters. The molecule has 2 aliphatic rings. The second-order valence-electron chi connectivity index (χ2n) is 3.60. The molecule has 0 aromatic rings. The summed E-state index contributed by atoms with van der Waals surface area (Å²) in [5.74, 6) is -0.273. The summed E-state index contributed by atoms with van der Waals surface area (Å²) in [6, 6.07) is 0. The molecule has 4 heteroatoms. The summed E-state index contributed by atoms with van der Waals surface area (Å²) in [5, 5.41) is 0. The first-order valence-corrected chi connectivity index (χ1v) is 4.99. The number of carbonyl (C=O) groups excluding carboxylic acids is 2. The molecule has 0 aromatic carbocycles. The van der Waals surface area contributed by atoms with Gasteiger partial charge < -0.3 is 9.64 Å². The number of allylic oxidation sites excluding steroid dienone is 4. The fourth-order valence-corrected chi connectivity index (χ4v) is 2.05. The highest BCUT2D eigenvalue weighted by Crippen LogP contribution is 2.34. The first kappa shape index (κ1) is 9.96. The van der Waals surface area contributed by atoms with Crippen LogP contribution >= 0.6 is 0 Å². The number of amides is 1. The van der Waals surface area contributed by atoms with Crippen LogP contribution in [0.5, 0.6) is 0 Å². The molecule has 0 spiro atoms. The summed E-state index contributed by atoms with van der Waals surface area (Å²) >= 11 is 0. The second kappa shape index (κ2) is 3.53. The van der Waals surface area contributed by atoms with Crippen LogP contribution in [0, 0.1) is 5.92 Å². The number of hydrogen-bond acceptors (Lipinski definition) is 3. The van der Waals surface area contributed by atoms with E-state index in [1.54, 1.807) is 13.2 Å². The number of methoxy groups -OCH3 is 1. The third-order valence-electron chi connectivity index (χ3n) is 2.86. The van der Waals surface area contributed by atoms with Crippen LogP contribution < -0.4 is 0 Å². The Morgan fingerprint density at radius 3 is 2.80 bits per heavy atom. The van der Waals surface area contributed by atoms with Gasteiger partial charge in [0.1, 0.15) is 0 Å². The Labute approximate surface area is 88.2 Å². The minimum atomic E-state index is -0.389. The standard InChI is InChI=1S/C11H13NO3/c1-3-12-9-5-4-7(15-2)6-8(9)10(13)11(12)14/h4-5,8H,3,6H2,1-2H3. The van der Waals surface area contributed by atoms with Crippen molar-refractivity contribution in [2.75, 3.05) is 13.7 Å². The van der Waals surface area contributed by atoms with Crippen molar-refractivity contribution < 1.29 is 14.3 Å². The van der Waals surface area contributed by atoms with Crippen molar-refractivity contribution in [3.8, 4) is 0 Å². The zero-order chi connectivity index (χ0) is 11.0. The van der Waals surface area contributed by atoms with E-state index < -0.39 is 0 Å². The van der Waals surface area contributed by atoms with Crippen LogP contribution in [-0.2, 0) is 14.3 Å². The smallest absolute Gasteiger partial charge is 0.294 e. The number of fused-ring (bicyclic) bond motifs is 1. The van der Waals surface area contributed by atoms with Crippen molar-refractivity contribution in [3.05, 3.63) is 23.6 Å². The minimum absolute atomic E-state index is 0.314. The van der Waals surface area contributed by atoms with Gasteiger partial charge in [0.05, 0.1) is 18.8 Å². The number of carbonyl (C=O) groups is 2. The van der Waals surface area contributed by atoms with Gasteiger partial charge in [0.15, 0.2) is 0 Å². The van der Waals surface area contributed by atoms with E-state index in [4.69, 9.17) is 4.74 Å². The maximum atomic E-state index is 11.7. The zero-order valence-corrected chi connectivity index (χ0v) is 8.82. The van der Waals surface area contributed by atoms with E-state index >= 15 is 0 Å². The average molecular weight is 207 g/mol. The molecule has 4 nitrogen and oxygen atoms in total. The molecule has 1 saturated heterocycles. The van der Waals surface area contributed by atoms with E-state index in [2.05, 4.69) is 0 Å². The predicted molar refractivity (Wildman–Crippen MR) is 53.7 cm³/mol. The summed E-state index contributed by atoms with van der Waals surface area (Å²) < 4.78 is 5.09. The number of rotatable bonds is 2. The number of likely N-dealkylation sites (N-methyl/N-ethyl adjacent to an activating group) is 1. The van der Waals surface area contributed by atoms with Gasteiger partial charge in [0.2, 0.25) is 5.78 Å². The summed E-state index contributed by atoms with van der Waals surface area (Å²) in [5.41, 5.74) is 0.813. The summed E-state index contributed by atoms with van der Waals surface area (Å²) in [6.07, 6.45) is 4.13. The predicted octanol–water partition coefficient (Wildman–Crippen LogP) is 0.852. The first-order valence-electron chi connectivity index (χ1n) is 4.99. The Morgan fingerprint density at radius 1 is 1.47 bits per heavy atom. The van der Waals surface area contributed by atoms with Gasteiger partial charge in [0, 0.05) is 18.7 Å². The van der Waals surface area contributed by atoms with Crippen molar-refractivity contribution in [2.24, 2.45) is 5.92 Å². The normalized spacial score (nSPS) is 24.9. The maximum absolute atomic E-state index is 11.7. The molecule has 1 amide bonds. The van der Waals surface area contributed by atoms with Gasteiger partial charge >= 0.3 is 0 Å².